The molecule has 1 N–H and O–H groups in total. The van der Waals surface area contributed by atoms with Crippen LogP contribution in [0, 0.1) is 18.3 Å². The number of esters is 1. The number of nitrogens with one attached hydrogen (secondary N) is 1. The van der Waals surface area contributed by atoms with E-state index in [-0.39, 0.29) is 12.2 Å². The van der Waals surface area contributed by atoms with Gasteiger partial charge in [-0.25, -0.2) is 4.79 Å². The lowest BCUT2D eigenvalue weighted by molar-refractivity contribution is -0.112. The molecule has 2 aromatic carbocycles. The molecule has 38 heavy (non-hydrogen) atoms. The molecule has 0 fully saturated rings. The minimum atomic E-state index is -0.532. The number of carbonyl (C=O) groups is 2. The number of carbonyl (C=O) groups excluding carboxylic acids is 2. The number of nitriles is 1. The summed E-state index contributed by atoms with van der Waals surface area (Å²) in [5.41, 5.74) is 5.39. The average Bonchev–Trinajstić information content (AvgIpc) is 3.42. The molecule has 0 radical (unpaired) electrons. The molecule has 2 aromatic heterocycles. The molecule has 5 rings (SSSR count). The van der Waals surface area contributed by atoms with Crippen molar-refractivity contribution >= 4 is 45.2 Å². The summed E-state index contributed by atoms with van der Waals surface area (Å²) in [6.07, 6.45) is 5.38. The van der Waals surface area contributed by atoms with E-state index in [1.807, 2.05) is 43.3 Å². The van der Waals surface area contributed by atoms with E-state index in [4.69, 9.17) is 4.74 Å². The largest absolute Gasteiger partial charge is 0.462 e. The highest BCUT2D eigenvalue weighted by atomic mass is 32.1. The van der Waals surface area contributed by atoms with Crippen LogP contribution in [0.4, 0.5) is 5.00 Å². The molecule has 0 aliphatic heterocycles. The van der Waals surface area contributed by atoms with Crippen LogP contribution in [0.2, 0.25) is 0 Å². The van der Waals surface area contributed by atoms with E-state index >= 15 is 0 Å². The van der Waals surface area contributed by atoms with Gasteiger partial charge in [-0.15, -0.1) is 11.3 Å². The van der Waals surface area contributed by atoms with Crippen molar-refractivity contribution in [1.29, 1.82) is 5.26 Å². The molecule has 0 unspecified atom stereocenters. The Morgan fingerprint density at radius 1 is 1.11 bits per heavy atom. The van der Waals surface area contributed by atoms with Crippen molar-refractivity contribution in [2.45, 2.75) is 46.1 Å². The van der Waals surface area contributed by atoms with Gasteiger partial charge in [0.2, 0.25) is 0 Å². The van der Waals surface area contributed by atoms with Gasteiger partial charge in [0.1, 0.15) is 16.6 Å². The SMILES string of the molecule is CCOC(=O)c1c(NC(=O)/C(C#N)=C/c2c(C)n(Cc3ccccc3)c3ccccc23)sc2c1CCCC2. The maximum atomic E-state index is 13.4. The zero-order valence-electron chi connectivity index (χ0n) is 21.5. The van der Waals surface area contributed by atoms with E-state index in [9.17, 15) is 14.9 Å². The molecule has 0 spiro atoms. The Hall–Kier alpha value is -4.15. The van der Waals surface area contributed by atoms with E-state index in [1.54, 1.807) is 13.0 Å². The highest BCUT2D eigenvalue weighted by Crippen LogP contribution is 2.39. The minimum Gasteiger partial charge on any atom is -0.462 e. The first kappa shape index (κ1) is 25.5. The number of rotatable bonds is 7. The first-order valence-corrected chi connectivity index (χ1v) is 13.7. The average molecular weight is 524 g/mol. The molecule has 2 heterocycles. The predicted octanol–water partition coefficient (Wildman–Crippen LogP) is 6.66. The third-order valence-electron chi connectivity index (χ3n) is 6.99. The maximum Gasteiger partial charge on any atom is 0.341 e. The fraction of sp³-hybridized carbons (Fsp3) is 0.258. The van der Waals surface area contributed by atoms with Crippen LogP contribution in [0.1, 0.15) is 57.4 Å². The Bertz CT molecular complexity index is 1590. The van der Waals surface area contributed by atoms with E-state index in [0.29, 0.717) is 17.1 Å². The van der Waals surface area contributed by atoms with Gasteiger partial charge < -0.3 is 14.6 Å². The van der Waals surface area contributed by atoms with Gasteiger partial charge in [-0.1, -0.05) is 48.5 Å². The molecule has 7 heteroatoms. The van der Waals surface area contributed by atoms with Crippen molar-refractivity contribution in [3.63, 3.8) is 0 Å². The summed E-state index contributed by atoms with van der Waals surface area (Å²) in [7, 11) is 0. The Kier molecular flexibility index (Phi) is 7.43. The summed E-state index contributed by atoms with van der Waals surface area (Å²) in [5.74, 6) is -0.958. The van der Waals surface area contributed by atoms with Crippen LogP contribution < -0.4 is 5.32 Å². The Labute approximate surface area is 226 Å². The molecular formula is C31H29N3O3S. The molecule has 0 saturated heterocycles. The molecule has 1 aliphatic rings. The van der Waals surface area contributed by atoms with Gasteiger partial charge in [-0.3, -0.25) is 4.79 Å². The summed E-state index contributed by atoms with van der Waals surface area (Å²) in [5, 5.41) is 14.3. The van der Waals surface area contributed by atoms with Gasteiger partial charge in [-0.05, 0) is 62.8 Å². The van der Waals surface area contributed by atoms with Crippen molar-refractivity contribution in [2.75, 3.05) is 11.9 Å². The number of benzene rings is 2. The highest BCUT2D eigenvalue weighted by Gasteiger charge is 2.28. The van der Waals surface area contributed by atoms with Gasteiger partial charge in [0.25, 0.3) is 5.91 Å². The smallest absolute Gasteiger partial charge is 0.341 e. The highest BCUT2D eigenvalue weighted by molar-refractivity contribution is 7.17. The summed E-state index contributed by atoms with van der Waals surface area (Å²) in [4.78, 5) is 27.3. The third-order valence-corrected chi connectivity index (χ3v) is 8.20. The number of hydrogen-bond donors (Lipinski definition) is 1. The van der Waals surface area contributed by atoms with Crippen LogP contribution in [-0.4, -0.2) is 23.1 Å². The number of anilines is 1. The van der Waals surface area contributed by atoms with Crippen LogP contribution in [0.3, 0.4) is 0 Å². The molecule has 1 amide bonds. The normalized spacial score (nSPS) is 13.1. The standard InChI is InChI=1S/C31H29N3O3S/c1-3-37-31(36)28-24-14-8-10-16-27(24)38-30(28)33-29(35)22(18-32)17-25-20(2)34(19-21-11-5-4-6-12-21)26-15-9-7-13-23(25)26/h4-7,9,11-13,15,17H,3,8,10,14,16,19H2,1-2H3,(H,33,35)/b22-17+. The van der Waals surface area contributed by atoms with Crippen molar-refractivity contribution in [3.05, 3.63) is 93.0 Å². The maximum absolute atomic E-state index is 13.4. The van der Waals surface area contributed by atoms with Gasteiger partial charge >= 0.3 is 5.97 Å². The number of thiophene rings is 1. The number of hydrogen-bond acceptors (Lipinski definition) is 5. The number of aryl methyl sites for hydroxylation is 1. The monoisotopic (exact) mass is 523 g/mol. The van der Waals surface area contributed by atoms with Crippen molar-refractivity contribution < 1.29 is 14.3 Å². The fourth-order valence-corrected chi connectivity index (χ4v) is 6.42. The van der Waals surface area contributed by atoms with Crippen LogP contribution in [-0.2, 0) is 28.9 Å². The predicted molar refractivity (Wildman–Crippen MR) is 151 cm³/mol. The van der Waals surface area contributed by atoms with E-state index in [1.165, 1.54) is 16.9 Å². The lowest BCUT2D eigenvalue weighted by Gasteiger charge is -2.12. The second-order valence-corrected chi connectivity index (χ2v) is 10.5. The van der Waals surface area contributed by atoms with Crippen LogP contribution in [0.25, 0.3) is 17.0 Å². The summed E-state index contributed by atoms with van der Waals surface area (Å²) >= 11 is 1.42. The van der Waals surface area contributed by atoms with Gasteiger partial charge in [0, 0.05) is 33.6 Å². The second kappa shape index (κ2) is 11.1. The molecule has 1 aliphatic carbocycles. The number of fused-ring (bicyclic) bond motifs is 2. The Balaban J connectivity index is 1.51. The molecule has 6 nitrogen and oxygen atoms in total. The number of amides is 1. The fourth-order valence-electron chi connectivity index (χ4n) is 5.15. The van der Waals surface area contributed by atoms with E-state index < -0.39 is 11.9 Å². The minimum absolute atomic E-state index is 0.0168. The van der Waals surface area contributed by atoms with Crippen molar-refractivity contribution in [1.82, 2.24) is 4.57 Å². The second-order valence-electron chi connectivity index (χ2n) is 9.35. The zero-order valence-corrected chi connectivity index (χ0v) is 22.4. The first-order valence-electron chi connectivity index (χ1n) is 12.9. The van der Waals surface area contributed by atoms with Crippen LogP contribution >= 0.6 is 11.3 Å². The van der Waals surface area contributed by atoms with Crippen molar-refractivity contribution in [2.24, 2.45) is 0 Å². The molecule has 4 aromatic rings. The third kappa shape index (κ3) is 4.88. The summed E-state index contributed by atoms with van der Waals surface area (Å²) < 4.78 is 7.51. The lowest BCUT2D eigenvalue weighted by atomic mass is 9.95. The molecule has 0 atom stereocenters. The Morgan fingerprint density at radius 2 is 1.84 bits per heavy atom. The number of aromatic nitrogens is 1. The van der Waals surface area contributed by atoms with Crippen LogP contribution in [0.5, 0.6) is 0 Å². The van der Waals surface area contributed by atoms with E-state index in [2.05, 4.69) is 34.2 Å². The van der Waals surface area contributed by atoms with Crippen LogP contribution in [0.15, 0.2) is 60.2 Å². The van der Waals surface area contributed by atoms with E-state index in [0.717, 1.165) is 58.3 Å². The van der Waals surface area contributed by atoms with Gasteiger partial charge in [0.05, 0.1) is 12.2 Å². The zero-order chi connectivity index (χ0) is 26.6. The van der Waals surface area contributed by atoms with Crippen molar-refractivity contribution in [3.8, 4) is 6.07 Å². The number of ether oxygens (including phenoxy) is 1. The number of para-hydroxylation sites is 1. The van der Waals surface area contributed by atoms with Gasteiger partial charge in [-0.2, -0.15) is 5.26 Å². The van der Waals surface area contributed by atoms with Gasteiger partial charge in [0.15, 0.2) is 0 Å². The summed E-state index contributed by atoms with van der Waals surface area (Å²) in [6, 6.07) is 20.3. The summed E-state index contributed by atoms with van der Waals surface area (Å²) in [6.45, 7) is 4.71. The topological polar surface area (TPSA) is 84.1 Å². The number of nitrogens with zero attached hydrogens (tertiary/aromatic N) is 2. The Morgan fingerprint density at radius 3 is 2.61 bits per heavy atom. The quantitative estimate of drug-likeness (QED) is 0.167. The molecule has 192 valence electrons. The molecule has 0 saturated carbocycles. The lowest BCUT2D eigenvalue weighted by Crippen LogP contribution is -2.16. The molecular weight excluding hydrogens is 494 g/mol. The molecule has 0 bridgehead atoms. The first-order chi connectivity index (χ1) is 18.5.